The highest BCUT2D eigenvalue weighted by atomic mass is 35.5. The first kappa shape index (κ1) is 17.8. The number of hydrogen-bond acceptors (Lipinski definition) is 2. The van der Waals surface area contributed by atoms with E-state index < -0.39 is 12.1 Å². The molecule has 0 bridgehead atoms. The molecular weight excluding hydrogens is 326 g/mol. The molecule has 24 heavy (non-hydrogen) atoms. The fourth-order valence-corrected chi connectivity index (χ4v) is 2.34. The number of halogens is 1. The van der Waals surface area contributed by atoms with Gasteiger partial charge in [0.25, 0.3) is 0 Å². The number of urea groups is 1. The number of benzene rings is 2. The van der Waals surface area contributed by atoms with Gasteiger partial charge in [-0.2, -0.15) is 0 Å². The number of nitrogens with one attached hydrogen (secondary N) is 3. The number of hydrogen-bond donors (Lipinski definition) is 3. The second kappa shape index (κ2) is 8.93. The maximum Gasteiger partial charge on any atom is 0.319 e. The molecule has 5 nitrogen and oxygen atoms in total. The fraction of sp³-hybridized carbons (Fsp3) is 0.222. The van der Waals surface area contributed by atoms with Crippen molar-refractivity contribution in [2.75, 3.05) is 11.9 Å². The standard InChI is InChI=1S/C18H20ClN3O2/c1-13(21-18(24)22-16-8-3-2-4-9-16)17(23)20-11-10-14-6-5-7-15(19)12-14/h2-9,12-13H,10-11H2,1H3,(H,20,23)(H2,21,22,24). The van der Waals surface area contributed by atoms with Crippen LogP contribution in [-0.2, 0) is 11.2 Å². The van der Waals surface area contributed by atoms with Crippen molar-refractivity contribution < 1.29 is 9.59 Å². The van der Waals surface area contributed by atoms with Gasteiger partial charge in [0.05, 0.1) is 0 Å². The minimum absolute atomic E-state index is 0.236. The molecule has 0 heterocycles. The summed E-state index contributed by atoms with van der Waals surface area (Å²) in [5.74, 6) is -0.236. The Morgan fingerprint density at radius 2 is 1.83 bits per heavy atom. The van der Waals surface area contributed by atoms with Gasteiger partial charge in [-0.05, 0) is 43.2 Å². The van der Waals surface area contributed by atoms with Crippen molar-refractivity contribution in [3.05, 3.63) is 65.2 Å². The predicted molar refractivity (Wildman–Crippen MR) is 96.2 cm³/mol. The molecule has 3 N–H and O–H groups in total. The molecule has 3 amide bonds. The molecule has 126 valence electrons. The van der Waals surface area contributed by atoms with Crippen LogP contribution in [0.3, 0.4) is 0 Å². The van der Waals surface area contributed by atoms with Crippen molar-refractivity contribution >= 4 is 29.2 Å². The summed E-state index contributed by atoms with van der Waals surface area (Å²) in [6, 6.07) is 15.5. The van der Waals surface area contributed by atoms with Gasteiger partial charge in [-0.1, -0.05) is 41.9 Å². The highest BCUT2D eigenvalue weighted by molar-refractivity contribution is 6.30. The van der Waals surface area contributed by atoms with Gasteiger partial charge >= 0.3 is 6.03 Å². The van der Waals surface area contributed by atoms with Crippen molar-refractivity contribution in [2.24, 2.45) is 0 Å². The lowest BCUT2D eigenvalue weighted by Crippen LogP contribution is -2.46. The molecule has 0 aliphatic carbocycles. The summed E-state index contributed by atoms with van der Waals surface area (Å²) < 4.78 is 0. The van der Waals surface area contributed by atoms with Gasteiger partial charge in [-0.25, -0.2) is 4.79 Å². The van der Waals surface area contributed by atoms with Crippen LogP contribution in [0.25, 0.3) is 0 Å². The molecule has 2 rings (SSSR count). The first-order chi connectivity index (χ1) is 11.5. The van der Waals surface area contributed by atoms with Crippen LogP contribution in [0.5, 0.6) is 0 Å². The fourth-order valence-electron chi connectivity index (χ4n) is 2.13. The van der Waals surface area contributed by atoms with Crippen molar-refractivity contribution in [3.8, 4) is 0 Å². The lowest BCUT2D eigenvalue weighted by Gasteiger charge is -2.15. The number of para-hydroxylation sites is 1. The maximum absolute atomic E-state index is 12.0. The smallest absolute Gasteiger partial charge is 0.319 e. The van der Waals surface area contributed by atoms with Crippen LogP contribution in [0.15, 0.2) is 54.6 Å². The average Bonchev–Trinajstić information content (AvgIpc) is 2.55. The molecule has 0 fully saturated rings. The van der Waals surface area contributed by atoms with E-state index in [1.807, 2.05) is 36.4 Å². The zero-order valence-corrected chi connectivity index (χ0v) is 14.1. The summed E-state index contributed by atoms with van der Waals surface area (Å²) in [5, 5.41) is 8.74. The largest absolute Gasteiger partial charge is 0.354 e. The summed E-state index contributed by atoms with van der Waals surface area (Å²) in [4.78, 5) is 23.9. The Bertz CT molecular complexity index is 692. The molecule has 2 aromatic carbocycles. The molecule has 0 saturated carbocycles. The zero-order chi connectivity index (χ0) is 17.4. The molecule has 1 unspecified atom stereocenters. The van der Waals surface area contributed by atoms with E-state index in [4.69, 9.17) is 11.6 Å². The van der Waals surface area contributed by atoms with E-state index in [0.29, 0.717) is 23.7 Å². The Hall–Kier alpha value is -2.53. The lowest BCUT2D eigenvalue weighted by molar-refractivity contribution is -0.122. The normalized spacial score (nSPS) is 11.4. The van der Waals surface area contributed by atoms with E-state index in [0.717, 1.165) is 5.56 Å². The third-order valence-corrected chi connectivity index (χ3v) is 3.61. The number of carbonyl (C=O) groups excluding carboxylic acids is 2. The summed E-state index contributed by atoms with van der Waals surface area (Å²) in [5.41, 5.74) is 1.72. The minimum Gasteiger partial charge on any atom is -0.354 e. The van der Waals surface area contributed by atoms with Crippen LogP contribution in [0.4, 0.5) is 10.5 Å². The first-order valence-corrected chi connectivity index (χ1v) is 8.07. The average molecular weight is 346 g/mol. The van der Waals surface area contributed by atoms with Crippen molar-refractivity contribution in [1.82, 2.24) is 10.6 Å². The second-order valence-electron chi connectivity index (χ2n) is 5.36. The molecule has 0 aliphatic heterocycles. The molecule has 0 radical (unpaired) electrons. The summed E-state index contributed by atoms with van der Waals surface area (Å²) in [6.07, 6.45) is 0.676. The molecule has 0 saturated heterocycles. The Balaban J connectivity index is 1.72. The minimum atomic E-state index is -0.631. The second-order valence-corrected chi connectivity index (χ2v) is 5.79. The van der Waals surface area contributed by atoms with Crippen molar-refractivity contribution in [1.29, 1.82) is 0 Å². The third-order valence-electron chi connectivity index (χ3n) is 3.37. The summed E-state index contributed by atoms with van der Waals surface area (Å²) in [6.45, 7) is 2.12. The summed E-state index contributed by atoms with van der Waals surface area (Å²) >= 11 is 5.92. The molecule has 6 heteroatoms. The van der Waals surface area contributed by atoms with Gasteiger partial charge in [-0.3, -0.25) is 4.79 Å². The highest BCUT2D eigenvalue weighted by Crippen LogP contribution is 2.10. The van der Waals surface area contributed by atoms with Crippen LogP contribution in [-0.4, -0.2) is 24.5 Å². The van der Waals surface area contributed by atoms with E-state index >= 15 is 0 Å². The molecular formula is C18H20ClN3O2. The van der Waals surface area contributed by atoms with E-state index in [9.17, 15) is 9.59 Å². The van der Waals surface area contributed by atoms with E-state index in [2.05, 4.69) is 16.0 Å². The number of rotatable bonds is 6. The van der Waals surface area contributed by atoms with Crippen molar-refractivity contribution in [2.45, 2.75) is 19.4 Å². The number of carbonyl (C=O) groups is 2. The van der Waals surface area contributed by atoms with E-state index in [1.54, 1.807) is 25.1 Å². The number of anilines is 1. The Labute approximate surface area is 146 Å². The predicted octanol–water partition coefficient (Wildman–Crippen LogP) is 3.21. The highest BCUT2D eigenvalue weighted by Gasteiger charge is 2.14. The van der Waals surface area contributed by atoms with E-state index in [-0.39, 0.29) is 5.91 Å². The molecule has 0 aromatic heterocycles. The molecule has 0 spiro atoms. The van der Waals surface area contributed by atoms with Gasteiger partial charge in [-0.15, -0.1) is 0 Å². The topological polar surface area (TPSA) is 70.2 Å². The van der Waals surface area contributed by atoms with Gasteiger partial charge < -0.3 is 16.0 Å². The molecule has 1 atom stereocenters. The lowest BCUT2D eigenvalue weighted by atomic mass is 10.1. The monoisotopic (exact) mass is 345 g/mol. The van der Waals surface area contributed by atoms with E-state index in [1.165, 1.54) is 0 Å². The van der Waals surface area contributed by atoms with Gasteiger partial charge in [0.1, 0.15) is 6.04 Å². The first-order valence-electron chi connectivity index (χ1n) is 7.69. The van der Waals surface area contributed by atoms with Crippen LogP contribution < -0.4 is 16.0 Å². The van der Waals surface area contributed by atoms with Crippen molar-refractivity contribution in [3.63, 3.8) is 0 Å². The number of amides is 3. The van der Waals surface area contributed by atoms with Crippen LogP contribution >= 0.6 is 11.6 Å². The van der Waals surface area contributed by atoms with Crippen LogP contribution in [0, 0.1) is 0 Å². The third kappa shape index (κ3) is 5.93. The Kier molecular flexibility index (Phi) is 6.63. The maximum atomic E-state index is 12.0. The zero-order valence-electron chi connectivity index (χ0n) is 13.4. The Morgan fingerprint density at radius 1 is 1.08 bits per heavy atom. The van der Waals surface area contributed by atoms with Gasteiger partial charge in [0.2, 0.25) is 5.91 Å². The van der Waals surface area contributed by atoms with Crippen LogP contribution in [0.1, 0.15) is 12.5 Å². The molecule has 0 aliphatic rings. The quantitative estimate of drug-likeness (QED) is 0.752. The van der Waals surface area contributed by atoms with Gasteiger partial charge in [0.15, 0.2) is 0 Å². The van der Waals surface area contributed by atoms with Crippen LogP contribution in [0.2, 0.25) is 5.02 Å². The van der Waals surface area contributed by atoms with Gasteiger partial charge in [0, 0.05) is 17.3 Å². The Morgan fingerprint density at radius 3 is 2.54 bits per heavy atom. The summed E-state index contributed by atoms with van der Waals surface area (Å²) in [7, 11) is 0. The SMILES string of the molecule is CC(NC(=O)Nc1ccccc1)C(=O)NCCc1cccc(Cl)c1. The molecule has 2 aromatic rings.